The molecule has 0 saturated carbocycles. The highest BCUT2D eigenvalue weighted by Crippen LogP contribution is 2.16. The van der Waals surface area contributed by atoms with E-state index < -0.39 is 0 Å². The minimum absolute atomic E-state index is 0.00631. The smallest absolute Gasteiger partial charge is 0.253 e. The minimum atomic E-state index is -0.00631. The average Bonchev–Trinajstić information content (AvgIpc) is 2.96. The molecule has 1 aliphatic rings. The van der Waals surface area contributed by atoms with E-state index in [0.29, 0.717) is 12.1 Å². The maximum atomic E-state index is 12.2. The monoisotopic (exact) mass is 272 g/mol. The molecule has 0 aliphatic carbocycles. The van der Waals surface area contributed by atoms with Crippen LogP contribution in [0.25, 0.3) is 10.9 Å². The Labute approximate surface area is 118 Å². The minimum Gasteiger partial charge on any atom is -0.361 e. The van der Waals surface area contributed by atoms with Gasteiger partial charge in [0.25, 0.3) is 5.91 Å². The van der Waals surface area contributed by atoms with Gasteiger partial charge in [0.05, 0.1) is 11.1 Å². The number of amides is 1. The molecular formula is C15H20N4O. The second-order valence-electron chi connectivity index (χ2n) is 5.10. The summed E-state index contributed by atoms with van der Waals surface area (Å²) in [6.07, 6.45) is 1.86. The molecule has 0 bridgehead atoms. The number of fused-ring (bicyclic) bond motifs is 1. The van der Waals surface area contributed by atoms with Crippen molar-refractivity contribution < 1.29 is 4.79 Å². The van der Waals surface area contributed by atoms with Gasteiger partial charge in [-0.2, -0.15) is 0 Å². The molecule has 0 unspecified atom stereocenters. The predicted molar refractivity (Wildman–Crippen MR) is 79.9 cm³/mol. The summed E-state index contributed by atoms with van der Waals surface area (Å²) < 4.78 is 0. The molecule has 2 heterocycles. The summed E-state index contributed by atoms with van der Waals surface area (Å²) in [6.45, 7) is 5.79. The molecule has 2 aromatic rings. The Morgan fingerprint density at radius 1 is 1.25 bits per heavy atom. The fourth-order valence-corrected chi connectivity index (χ4v) is 2.63. The number of hydrogen-bond donors (Lipinski definition) is 3. The van der Waals surface area contributed by atoms with E-state index in [2.05, 4.69) is 20.5 Å². The standard InChI is InChI=1S/C15H20N4O/c20-15(18-8-11-19-9-6-16-7-10-19)13-3-1-2-12-4-5-17-14(12)13/h1-5,16-17H,6-11H2,(H,18,20). The van der Waals surface area contributed by atoms with E-state index in [1.54, 1.807) is 0 Å². The molecule has 0 atom stereocenters. The van der Waals surface area contributed by atoms with Gasteiger partial charge in [-0.3, -0.25) is 9.69 Å². The second kappa shape index (κ2) is 6.07. The number of hydrogen-bond acceptors (Lipinski definition) is 3. The van der Waals surface area contributed by atoms with Crippen LogP contribution in [0.15, 0.2) is 30.5 Å². The molecule has 3 N–H and O–H groups in total. The molecule has 1 aliphatic heterocycles. The number of rotatable bonds is 4. The van der Waals surface area contributed by atoms with Crippen molar-refractivity contribution in [2.45, 2.75) is 0 Å². The molecule has 106 valence electrons. The highest BCUT2D eigenvalue weighted by molar-refractivity contribution is 6.05. The lowest BCUT2D eigenvalue weighted by Crippen LogP contribution is -2.46. The molecule has 5 heteroatoms. The number of para-hydroxylation sites is 1. The lowest BCUT2D eigenvalue weighted by atomic mass is 10.1. The van der Waals surface area contributed by atoms with Gasteiger partial charge in [-0.15, -0.1) is 0 Å². The fourth-order valence-electron chi connectivity index (χ4n) is 2.63. The van der Waals surface area contributed by atoms with Crippen LogP contribution < -0.4 is 10.6 Å². The van der Waals surface area contributed by atoms with Gasteiger partial charge in [0.2, 0.25) is 0 Å². The van der Waals surface area contributed by atoms with Crippen LogP contribution >= 0.6 is 0 Å². The molecule has 1 aromatic heterocycles. The Morgan fingerprint density at radius 2 is 2.10 bits per heavy atom. The number of nitrogens with one attached hydrogen (secondary N) is 3. The van der Waals surface area contributed by atoms with Gasteiger partial charge in [-0.25, -0.2) is 0 Å². The van der Waals surface area contributed by atoms with Crippen LogP contribution in [0, 0.1) is 0 Å². The number of nitrogens with zero attached hydrogens (tertiary/aromatic N) is 1. The van der Waals surface area contributed by atoms with Gasteiger partial charge in [0.1, 0.15) is 0 Å². The summed E-state index contributed by atoms with van der Waals surface area (Å²) >= 11 is 0. The molecule has 0 spiro atoms. The van der Waals surface area contributed by atoms with Crippen LogP contribution in [0.1, 0.15) is 10.4 Å². The first-order valence-electron chi connectivity index (χ1n) is 7.12. The van der Waals surface area contributed by atoms with Gasteiger partial charge >= 0.3 is 0 Å². The maximum Gasteiger partial charge on any atom is 0.253 e. The zero-order valence-electron chi connectivity index (χ0n) is 11.5. The first kappa shape index (κ1) is 13.1. The van der Waals surface area contributed by atoms with Crippen molar-refractivity contribution in [3.8, 4) is 0 Å². The number of aromatic amines is 1. The van der Waals surface area contributed by atoms with Gasteiger partial charge < -0.3 is 15.6 Å². The van der Waals surface area contributed by atoms with Gasteiger partial charge in [-0.1, -0.05) is 12.1 Å². The molecule has 3 rings (SSSR count). The Hall–Kier alpha value is -1.85. The summed E-state index contributed by atoms with van der Waals surface area (Å²) in [6, 6.07) is 7.76. The lowest BCUT2D eigenvalue weighted by Gasteiger charge is -2.27. The number of piperazine rings is 1. The van der Waals surface area contributed by atoms with Crippen LogP contribution in [-0.2, 0) is 0 Å². The van der Waals surface area contributed by atoms with Crippen LogP contribution in [0.4, 0.5) is 0 Å². The van der Waals surface area contributed by atoms with Crippen molar-refractivity contribution in [3.05, 3.63) is 36.0 Å². The van der Waals surface area contributed by atoms with E-state index in [-0.39, 0.29) is 5.91 Å². The van der Waals surface area contributed by atoms with Crippen molar-refractivity contribution in [3.63, 3.8) is 0 Å². The third-order valence-corrected chi connectivity index (χ3v) is 3.76. The average molecular weight is 272 g/mol. The number of benzene rings is 1. The zero-order chi connectivity index (χ0) is 13.8. The van der Waals surface area contributed by atoms with Gasteiger partial charge in [0.15, 0.2) is 0 Å². The van der Waals surface area contributed by atoms with Crippen molar-refractivity contribution in [2.24, 2.45) is 0 Å². The molecule has 0 radical (unpaired) electrons. The van der Waals surface area contributed by atoms with E-state index >= 15 is 0 Å². The van der Waals surface area contributed by atoms with E-state index in [9.17, 15) is 4.79 Å². The Balaban J connectivity index is 1.57. The summed E-state index contributed by atoms with van der Waals surface area (Å²) in [5, 5.41) is 7.40. The van der Waals surface area contributed by atoms with E-state index in [4.69, 9.17) is 0 Å². The normalized spacial score (nSPS) is 16.4. The van der Waals surface area contributed by atoms with Crippen LogP contribution in [0.5, 0.6) is 0 Å². The summed E-state index contributed by atoms with van der Waals surface area (Å²) in [5.41, 5.74) is 1.62. The fraction of sp³-hybridized carbons (Fsp3) is 0.400. The topological polar surface area (TPSA) is 60.2 Å². The van der Waals surface area contributed by atoms with E-state index in [0.717, 1.165) is 43.6 Å². The van der Waals surface area contributed by atoms with E-state index in [1.807, 2.05) is 30.5 Å². The molecule has 1 amide bonds. The Morgan fingerprint density at radius 3 is 2.95 bits per heavy atom. The summed E-state index contributed by atoms with van der Waals surface area (Å²) in [7, 11) is 0. The number of aromatic nitrogens is 1. The first-order valence-corrected chi connectivity index (χ1v) is 7.12. The molecular weight excluding hydrogens is 252 g/mol. The Bertz CT molecular complexity index is 586. The van der Waals surface area contributed by atoms with E-state index in [1.165, 1.54) is 0 Å². The lowest BCUT2D eigenvalue weighted by molar-refractivity contribution is 0.0949. The van der Waals surface area contributed by atoms with Crippen molar-refractivity contribution in [2.75, 3.05) is 39.3 Å². The van der Waals surface area contributed by atoms with Crippen LogP contribution in [0.3, 0.4) is 0 Å². The molecule has 1 saturated heterocycles. The summed E-state index contributed by atoms with van der Waals surface area (Å²) in [4.78, 5) is 17.7. The Kier molecular flexibility index (Phi) is 3.99. The third-order valence-electron chi connectivity index (χ3n) is 3.76. The number of H-pyrrole nitrogens is 1. The third kappa shape index (κ3) is 2.84. The highest BCUT2D eigenvalue weighted by atomic mass is 16.1. The van der Waals surface area contributed by atoms with Gasteiger partial charge in [0, 0.05) is 50.9 Å². The first-order chi connectivity index (χ1) is 9.84. The number of carbonyl (C=O) groups is 1. The SMILES string of the molecule is O=C(NCCN1CCNCC1)c1cccc2cc[nH]c12. The van der Waals surface area contributed by atoms with Gasteiger partial charge in [-0.05, 0) is 12.1 Å². The zero-order valence-corrected chi connectivity index (χ0v) is 11.5. The summed E-state index contributed by atoms with van der Waals surface area (Å²) in [5.74, 6) is -0.00631. The highest BCUT2D eigenvalue weighted by Gasteiger charge is 2.12. The molecule has 1 aromatic carbocycles. The number of carbonyl (C=O) groups excluding carboxylic acids is 1. The quantitative estimate of drug-likeness (QED) is 0.771. The van der Waals surface area contributed by atoms with Crippen molar-refractivity contribution in [1.82, 2.24) is 20.5 Å². The van der Waals surface area contributed by atoms with Crippen molar-refractivity contribution in [1.29, 1.82) is 0 Å². The largest absolute Gasteiger partial charge is 0.361 e. The molecule has 5 nitrogen and oxygen atoms in total. The molecule has 20 heavy (non-hydrogen) atoms. The van der Waals surface area contributed by atoms with Crippen LogP contribution in [-0.4, -0.2) is 55.1 Å². The predicted octanol–water partition coefficient (Wildman–Crippen LogP) is 0.803. The molecule has 1 fully saturated rings. The second-order valence-corrected chi connectivity index (χ2v) is 5.10. The van der Waals surface area contributed by atoms with Crippen LogP contribution in [0.2, 0.25) is 0 Å². The maximum absolute atomic E-state index is 12.2. The van der Waals surface area contributed by atoms with Crippen molar-refractivity contribution >= 4 is 16.8 Å².